The summed E-state index contributed by atoms with van der Waals surface area (Å²) in [6.07, 6.45) is 1.92. The van der Waals surface area contributed by atoms with Gasteiger partial charge in [0.2, 0.25) is 5.91 Å². The molecule has 2 aromatic carbocycles. The van der Waals surface area contributed by atoms with E-state index in [-0.39, 0.29) is 5.91 Å². The maximum absolute atomic E-state index is 12.0. The summed E-state index contributed by atoms with van der Waals surface area (Å²) in [7, 11) is 0. The van der Waals surface area contributed by atoms with Gasteiger partial charge in [-0.15, -0.1) is 0 Å². The first-order chi connectivity index (χ1) is 12.1. The predicted octanol–water partition coefficient (Wildman–Crippen LogP) is 4.57. The zero-order chi connectivity index (χ0) is 17.6. The highest BCUT2D eigenvalue weighted by Gasteiger charge is 2.04. The topological polar surface area (TPSA) is 42.0 Å². The number of carbonyl (C=O) groups is 1. The standard InChI is InChI=1S/C21H19ClN2O/c1-15-3-2-4-19(11-15)18-8-5-16(6-9-18)13-24-21(25)12-17-7-10-20(22)23-14-17/h2-11,14H,12-13H2,1H3,(H,24,25). The van der Waals surface area contributed by atoms with E-state index in [0.29, 0.717) is 18.1 Å². The molecule has 0 fully saturated rings. The van der Waals surface area contributed by atoms with Gasteiger partial charge in [-0.25, -0.2) is 4.98 Å². The van der Waals surface area contributed by atoms with Crippen LogP contribution in [-0.4, -0.2) is 10.9 Å². The number of hydrogen-bond acceptors (Lipinski definition) is 2. The van der Waals surface area contributed by atoms with E-state index in [1.165, 1.54) is 16.7 Å². The first kappa shape index (κ1) is 17.2. The molecule has 0 spiro atoms. The van der Waals surface area contributed by atoms with E-state index in [4.69, 9.17) is 11.6 Å². The summed E-state index contributed by atoms with van der Waals surface area (Å²) in [6.45, 7) is 2.59. The lowest BCUT2D eigenvalue weighted by Gasteiger charge is -2.07. The predicted molar refractivity (Wildman–Crippen MR) is 101 cm³/mol. The first-order valence-corrected chi connectivity index (χ1v) is 8.51. The second kappa shape index (κ2) is 7.95. The number of nitrogens with zero attached hydrogens (tertiary/aromatic N) is 1. The van der Waals surface area contributed by atoms with Crippen molar-refractivity contribution in [2.45, 2.75) is 19.9 Å². The van der Waals surface area contributed by atoms with Crippen molar-refractivity contribution in [3.8, 4) is 11.1 Å². The van der Waals surface area contributed by atoms with Gasteiger partial charge in [-0.3, -0.25) is 4.79 Å². The van der Waals surface area contributed by atoms with Crippen LogP contribution in [0.2, 0.25) is 5.15 Å². The van der Waals surface area contributed by atoms with Crippen LogP contribution < -0.4 is 5.32 Å². The van der Waals surface area contributed by atoms with Gasteiger partial charge in [0.1, 0.15) is 5.15 Å². The number of aromatic nitrogens is 1. The summed E-state index contributed by atoms with van der Waals surface area (Å²) in [5.74, 6) is -0.0353. The molecule has 25 heavy (non-hydrogen) atoms. The number of carbonyl (C=O) groups excluding carboxylic acids is 1. The molecule has 1 N–H and O–H groups in total. The lowest BCUT2D eigenvalue weighted by Crippen LogP contribution is -2.24. The van der Waals surface area contributed by atoms with Gasteiger partial charge in [0, 0.05) is 12.7 Å². The fraction of sp³-hybridized carbons (Fsp3) is 0.143. The first-order valence-electron chi connectivity index (χ1n) is 8.13. The number of rotatable bonds is 5. The fourth-order valence-corrected chi connectivity index (χ4v) is 2.71. The van der Waals surface area contributed by atoms with Crippen molar-refractivity contribution in [2.24, 2.45) is 0 Å². The molecule has 1 heterocycles. The molecule has 0 saturated heterocycles. The van der Waals surface area contributed by atoms with Crippen LogP contribution in [0, 0.1) is 6.92 Å². The molecule has 3 rings (SSSR count). The normalized spacial score (nSPS) is 10.5. The molecular formula is C21H19ClN2O. The number of pyridine rings is 1. The van der Waals surface area contributed by atoms with Crippen LogP contribution in [0.4, 0.5) is 0 Å². The molecule has 0 atom stereocenters. The van der Waals surface area contributed by atoms with E-state index < -0.39 is 0 Å². The molecule has 0 aliphatic carbocycles. The van der Waals surface area contributed by atoms with Gasteiger partial charge in [-0.05, 0) is 35.2 Å². The van der Waals surface area contributed by atoms with Crippen molar-refractivity contribution in [1.29, 1.82) is 0 Å². The number of halogens is 1. The molecule has 126 valence electrons. The Morgan fingerprint density at radius 2 is 1.76 bits per heavy atom. The number of hydrogen-bond donors (Lipinski definition) is 1. The van der Waals surface area contributed by atoms with Crippen LogP contribution in [0.3, 0.4) is 0 Å². The van der Waals surface area contributed by atoms with Gasteiger partial charge in [0.05, 0.1) is 6.42 Å². The van der Waals surface area contributed by atoms with Gasteiger partial charge in [-0.1, -0.05) is 71.8 Å². The highest BCUT2D eigenvalue weighted by Crippen LogP contribution is 2.20. The minimum atomic E-state index is -0.0353. The monoisotopic (exact) mass is 350 g/mol. The van der Waals surface area contributed by atoms with Crippen molar-refractivity contribution in [2.75, 3.05) is 0 Å². The van der Waals surface area contributed by atoms with Crippen molar-refractivity contribution >= 4 is 17.5 Å². The Kier molecular flexibility index (Phi) is 5.46. The summed E-state index contributed by atoms with van der Waals surface area (Å²) < 4.78 is 0. The van der Waals surface area contributed by atoms with Gasteiger partial charge in [0.15, 0.2) is 0 Å². The van der Waals surface area contributed by atoms with Crippen molar-refractivity contribution in [3.63, 3.8) is 0 Å². The molecule has 0 aliphatic heterocycles. The Hall–Kier alpha value is -2.65. The van der Waals surface area contributed by atoms with Crippen molar-refractivity contribution in [1.82, 2.24) is 10.3 Å². The lowest BCUT2D eigenvalue weighted by molar-refractivity contribution is -0.120. The highest BCUT2D eigenvalue weighted by atomic mass is 35.5. The van der Waals surface area contributed by atoms with E-state index in [1.54, 1.807) is 12.3 Å². The smallest absolute Gasteiger partial charge is 0.224 e. The summed E-state index contributed by atoms with van der Waals surface area (Å²) in [5, 5.41) is 3.36. The highest BCUT2D eigenvalue weighted by molar-refractivity contribution is 6.29. The van der Waals surface area contributed by atoms with Crippen LogP contribution in [0.15, 0.2) is 66.9 Å². The Morgan fingerprint density at radius 1 is 1.00 bits per heavy atom. The molecule has 3 aromatic rings. The second-order valence-corrected chi connectivity index (χ2v) is 6.40. The summed E-state index contributed by atoms with van der Waals surface area (Å²) in [5.41, 5.74) is 5.53. The molecule has 0 aliphatic rings. The van der Waals surface area contributed by atoms with Gasteiger partial charge in [0.25, 0.3) is 0 Å². The maximum atomic E-state index is 12.0. The molecule has 4 heteroatoms. The van der Waals surface area contributed by atoms with E-state index in [1.807, 2.05) is 18.2 Å². The third kappa shape index (κ3) is 4.91. The summed E-state index contributed by atoms with van der Waals surface area (Å²) >= 11 is 5.74. The summed E-state index contributed by atoms with van der Waals surface area (Å²) in [4.78, 5) is 16.0. The summed E-state index contributed by atoms with van der Waals surface area (Å²) in [6, 6.07) is 20.2. The van der Waals surface area contributed by atoms with Gasteiger partial charge in [-0.2, -0.15) is 0 Å². The average Bonchev–Trinajstić information content (AvgIpc) is 2.62. The van der Waals surface area contributed by atoms with Crippen LogP contribution in [0.25, 0.3) is 11.1 Å². The van der Waals surface area contributed by atoms with E-state index in [0.717, 1.165) is 11.1 Å². The Labute approximate surface area is 152 Å². The molecule has 0 radical (unpaired) electrons. The molecular weight excluding hydrogens is 332 g/mol. The van der Waals surface area contributed by atoms with Crippen LogP contribution in [0.5, 0.6) is 0 Å². The fourth-order valence-electron chi connectivity index (χ4n) is 2.60. The number of amides is 1. The molecule has 1 aromatic heterocycles. The molecule has 3 nitrogen and oxygen atoms in total. The van der Waals surface area contributed by atoms with E-state index in [9.17, 15) is 4.79 Å². The van der Waals surface area contributed by atoms with Gasteiger partial charge < -0.3 is 5.32 Å². The Balaban J connectivity index is 1.56. The van der Waals surface area contributed by atoms with E-state index >= 15 is 0 Å². The Morgan fingerprint density at radius 3 is 2.44 bits per heavy atom. The lowest BCUT2D eigenvalue weighted by atomic mass is 10.0. The molecule has 0 bridgehead atoms. The average molecular weight is 351 g/mol. The third-order valence-electron chi connectivity index (χ3n) is 3.95. The number of nitrogens with one attached hydrogen (secondary N) is 1. The molecule has 0 unspecified atom stereocenters. The Bertz CT molecular complexity index is 858. The minimum absolute atomic E-state index is 0.0353. The van der Waals surface area contributed by atoms with Crippen molar-refractivity contribution < 1.29 is 4.79 Å². The molecule has 1 amide bonds. The maximum Gasteiger partial charge on any atom is 0.224 e. The molecule has 0 saturated carbocycles. The third-order valence-corrected chi connectivity index (χ3v) is 4.17. The largest absolute Gasteiger partial charge is 0.352 e. The minimum Gasteiger partial charge on any atom is -0.352 e. The number of benzene rings is 2. The zero-order valence-corrected chi connectivity index (χ0v) is 14.8. The quantitative estimate of drug-likeness (QED) is 0.685. The van der Waals surface area contributed by atoms with Crippen molar-refractivity contribution in [3.05, 3.63) is 88.7 Å². The van der Waals surface area contributed by atoms with Crippen LogP contribution in [0.1, 0.15) is 16.7 Å². The van der Waals surface area contributed by atoms with Gasteiger partial charge >= 0.3 is 0 Å². The SMILES string of the molecule is Cc1cccc(-c2ccc(CNC(=O)Cc3ccc(Cl)nc3)cc2)c1. The van der Waals surface area contributed by atoms with E-state index in [2.05, 4.69) is 53.6 Å². The van der Waals surface area contributed by atoms with Crippen LogP contribution >= 0.6 is 11.6 Å². The van der Waals surface area contributed by atoms with Crippen LogP contribution in [-0.2, 0) is 17.8 Å². The zero-order valence-electron chi connectivity index (χ0n) is 14.0. The second-order valence-electron chi connectivity index (χ2n) is 6.01. The number of aryl methyl sites for hydroxylation is 1.